The molecule has 0 fully saturated rings. The minimum Gasteiger partial charge on any atom is -0.508 e. The van der Waals surface area contributed by atoms with E-state index in [1.165, 1.54) is 42.7 Å². The first kappa shape index (κ1) is 38.7. The van der Waals surface area contributed by atoms with Gasteiger partial charge in [-0.3, -0.25) is 0 Å². The number of aromatic nitrogens is 1. The second kappa shape index (κ2) is 17.9. The molecule has 10 heteroatoms. The zero-order valence-electron chi connectivity index (χ0n) is 32.2. The first-order valence-corrected chi connectivity index (χ1v) is 19.3. The third kappa shape index (κ3) is 8.32. The molecule has 4 aliphatic rings. The molecule has 0 unspecified atom stereocenters. The van der Waals surface area contributed by atoms with Gasteiger partial charge in [-0.1, -0.05) is 75.2 Å². The van der Waals surface area contributed by atoms with Gasteiger partial charge in [-0.05, 0) is 106 Å². The topological polar surface area (TPSA) is 38.8 Å². The molecule has 4 aromatic carbocycles. The van der Waals surface area contributed by atoms with Crippen molar-refractivity contribution in [3.63, 3.8) is 0 Å². The van der Waals surface area contributed by atoms with E-state index in [0.717, 1.165) is 47.5 Å². The van der Waals surface area contributed by atoms with E-state index < -0.39 is 0 Å². The van der Waals surface area contributed by atoms with Crippen molar-refractivity contribution in [2.24, 2.45) is 0 Å². The largest absolute Gasteiger partial charge is 5.00 e. The Kier molecular flexibility index (Phi) is 12.4. The van der Waals surface area contributed by atoms with Gasteiger partial charge in [0.15, 0.2) is 0 Å². The van der Waals surface area contributed by atoms with Crippen LogP contribution in [0, 0.1) is 32.7 Å². The molecule has 0 N–H and O–H groups in total. The van der Waals surface area contributed by atoms with Crippen LogP contribution >= 0.6 is 0 Å². The van der Waals surface area contributed by atoms with Gasteiger partial charge in [0.05, 0.1) is 0 Å². The molecule has 5 aromatic rings. The third-order valence-electron chi connectivity index (χ3n) is 9.95. The van der Waals surface area contributed by atoms with E-state index >= 15 is 0 Å². The van der Waals surface area contributed by atoms with Crippen molar-refractivity contribution in [3.8, 4) is 0 Å². The molecule has 0 spiro atoms. The van der Waals surface area contributed by atoms with E-state index in [-0.39, 0.29) is 17.1 Å². The van der Waals surface area contributed by atoms with Gasteiger partial charge >= 0.3 is 17.1 Å². The van der Waals surface area contributed by atoms with E-state index in [4.69, 9.17) is 4.98 Å². The summed E-state index contributed by atoms with van der Waals surface area (Å²) in [5.41, 5.74) is 8.05. The molecule has 0 saturated carbocycles. The Bertz CT molecular complexity index is 2110. The maximum atomic E-state index is 4.88. The molecule has 5 heterocycles. The standard InChI is InChI=1S/C24H29N4.C22H19N5.Fe/c1-3-5-14-25-16-17-26(19-25)21-10-9-11-22(18-21)28-20-27(15-6-4-2)23-12-7-8-13-24(23)28;1-24-16-27(20-11-6-5-10-19(20)24)22-13-7-12-21(23-22)26-15-14-25(17-26)18-8-3-2-4-9-18;/h7-13,16-17,19-20H,3-6,14-15H2,1-2H3;2-17H,1H3;/q-3;-2;+5. The van der Waals surface area contributed by atoms with Crippen LogP contribution in [0.2, 0.25) is 0 Å². The summed E-state index contributed by atoms with van der Waals surface area (Å²) in [7, 11) is 2.05. The summed E-state index contributed by atoms with van der Waals surface area (Å²) in [4.78, 5) is 22.2. The van der Waals surface area contributed by atoms with E-state index in [9.17, 15) is 0 Å². The van der Waals surface area contributed by atoms with Crippen LogP contribution in [0.25, 0.3) is 0 Å². The van der Waals surface area contributed by atoms with Gasteiger partial charge in [-0.25, -0.2) is 4.98 Å². The van der Waals surface area contributed by atoms with Gasteiger partial charge in [-0.2, -0.15) is 19.4 Å². The number of unbranched alkanes of at least 4 members (excludes halogenated alkanes) is 2. The number of benzene rings is 4. The van der Waals surface area contributed by atoms with Crippen LogP contribution in [-0.4, -0.2) is 30.0 Å². The fraction of sp³-hybridized carbons (Fsp3) is 0.196. The van der Waals surface area contributed by atoms with Crippen molar-refractivity contribution in [2.45, 2.75) is 39.5 Å². The van der Waals surface area contributed by atoms with Gasteiger partial charge < -0.3 is 39.2 Å². The van der Waals surface area contributed by atoms with Crippen molar-refractivity contribution < 1.29 is 17.1 Å². The number of para-hydroxylation sites is 5. The van der Waals surface area contributed by atoms with Crippen molar-refractivity contribution in [1.29, 1.82) is 0 Å². The number of rotatable bonds is 11. The van der Waals surface area contributed by atoms with Crippen molar-refractivity contribution in [2.75, 3.05) is 54.4 Å². The number of pyridine rings is 1. The monoisotopic (exact) mass is 782 g/mol. The van der Waals surface area contributed by atoms with Crippen LogP contribution in [0.1, 0.15) is 39.5 Å². The molecular formula is C46H48FeN9. The summed E-state index contributed by atoms with van der Waals surface area (Å²) in [5, 5.41) is 0. The number of anilines is 9. The van der Waals surface area contributed by atoms with Crippen molar-refractivity contribution in [3.05, 3.63) is 173 Å². The second-order valence-corrected chi connectivity index (χ2v) is 13.9. The molecule has 9 rings (SSSR count). The number of hydrogen-bond acceptors (Lipinski definition) is 9. The molecule has 0 bridgehead atoms. The van der Waals surface area contributed by atoms with Crippen LogP contribution in [-0.2, 0) is 17.1 Å². The summed E-state index contributed by atoms with van der Waals surface area (Å²) >= 11 is 0. The van der Waals surface area contributed by atoms with E-state index in [1.807, 2.05) is 60.4 Å². The van der Waals surface area contributed by atoms with Crippen LogP contribution < -0.4 is 34.3 Å². The van der Waals surface area contributed by atoms with E-state index in [1.54, 1.807) is 0 Å². The number of hydrogen-bond donors (Lipinski definition) is 0. The molecule has 4 aliphatic heterocycles. The molecular weight excluding hydrogens is 734 g/mol. The van der Waals surface area contributed by atoms with Crippen LogP contribution in [0.3, 0.4) is 0 Å². The zero-order chi connectivity index (χ0) is 37.6. The molecule has 1 aromatic heterocycles. The summed E-state index contributed by atoms with van der Waals surface area (Å²) in [6.45, 7) is 15.0. The Morgan fingerprint density at radius 2 is 1.14 bits per heavy atom. The smallest absolute Gasteiger partial charge is 0.508 e. The zero-order valence-corrected chi connectivity index (χ0v) is 33.3. The average molecular weight is 783 g/mol. The summed E-state index contributed by atoms with van der Waals surface area (Å²) in [6, 6.07) is 43.3. The molecule has 0 aliphatic carbocycles. The van der Waals surface area contributed by atoms with Gasteiger partial charge in [-0.15, -0.1) is 42.9 Å². The predicted octanol–water partition coefficient (Wildman–Crippen LogP) is 10.6. The number of nitrogens with zero attached hydrogens (tertiary/aromatic N) is 9. The average Bonchev–Trinajstić information content (AvgIpc) is 4.06. The molecule has 285 valence electrons. The first-order valence-electron chi connectivity index (χ1n) is 19.3. The first-order chi connectivity index (χ1) is 27.1. The molecule has 56 heavy (non-hydrogen) atoms. The normalized spacial score (nSPS) is 15.3. The maximum Gasteiger partial charge on any atom is 5.00 e. The molecule has 0 atom stereocenters. The van der Waals surface area contributed by atoms with E-state index in [2.05, 4.69) is 173 Å². The van der Waals surface area contributed by atoms with E-state index in [0.29, 0.717) is 0 Å². The summed E-state index contributed by atoms with van der Waals surface area (Å²) < 4.78 is 0. The SMILES string of the molecule is CCCCN1C=CN(c2[c-]c(N3[CH-]N(CCCC)c4ccccc43)ccc2)[CH-]1.CN1[CH-]N(c2cccc(N3C=CN(c4ccccc4)[CH-]3)n2)c2ccccc21.[Fe+5]. The Balaban J connectivity index is 0.000000169. The van der Waals surface area contributed by atoms with Gasteiger partial charge in [0, 0.05) is 28.4 Å². The Morgan fingerprint density at radius 3 is 1.93 bits per heavy atom. The van der Waals surface area contributed by atoms with Gasteiger partial charge in [0.25, 0.3) is 0 Å². The number of fused-ring (bicyclic) bond motifs is 2. The Hall–Kier alpha value is -5.57. The van der Waals surface area contributed by atoms with Gasteiger partial charge in [0.1, 0.15) is 11.6 Å². The third-order valence-corrected chi connectivity index (χ3v) is 9.95. The van der Waals surface area contributed by atoms with Gasteiger partial charge in [0.2, 0.25) is 0 Å². The van der Waals surface area contributed by atoms with Crippen LogP contribution in [0.4, 0.5) is 51.4 Å². The fourth-order valence-corrected chi connectivity index (χ4v) is 7.00. The molecule has 0 saturated heterocycles. The molecule has 9 nitrogen and oxygen atoms in total. The quantitative estimate of drug-likeness (QED) is 0.0962. The van der Waals surface area contributed by atoms with Crippen LogP contribution in [0.15, 0.2) is 140 Å². The molecule has 0 amide bonds. The Morgan fingerprint density at radius 1 is 0.518 bits per heavy atom. The Labute approximate surface area is 343 Å². The summed E-state index contributed by atoms with van der Waals surface area (Å²) in [5.74, 6) is 1.77. The maximum absolute atomic E-state index is 4.88. The van der Waals surface area contributed by atoms with Crippen LogP contribution in [0.5, 0.6) is 0 Å². The van der Waals surface area contributed by atoms with Crippen molar-refractivity contribution >= 4 is 51.4 Å². The summed E-state index contributed by atoms with van der Waals surface area (Å²) in [6.07, 6.45) is 13.1. The predicted molar refractivity (Wildman–Crippen MR) is 228 cm³/mol. The minimum absolute atomic E-state index is 0. The second-order valence-electron chi connectivity index (χ2n) is 13.9. The van der Waals surface area contributed by atoms with Crippen molar-refractivity contribution in [1.82, 2.24) is 9.88 Å². The minimum atomic E-state index is 0. The molecule has 1 radical (unpaired) electrons. The fourth-order valence-electron chi connectivity index (χ4n) is 7.00.